The Hall–Kier alpha value is -2.29. The molecule has 153 valence electrons. The second kappa shape index (κ2) is 9.24. The average molecular weight is 395 g/mol. The molecular weight excluding hydrogens is 363 g/mol. The van der Waals surface area contributed by atoms with Crippen molar-refractivity contribution >= 4 is 24.2 Å². The molecule has 5 rings (SSSR count). The maximum Gasteiger partial charge on any atom is 0.154 e. The van der Waals surface area contributed by atoms with Crippen molar-refractivity contribution in [1.82, 2.24) is 5.43 Å². The zero-order valence-electron chi connectivity index (χ0n) is 17.9. The van der Waals surface area contributed by atoms with E-state index in [9.17, 15) is 0 Å². The maximum atomic E-state index is 4.92. The Morgan fingerprint density at radius 3 is 2.27 bits per heavy atom. The van der Waals surface area contributed by atoms with E-state index in [4.69, 9.17) is 5.10 Å². The fourth-order valence-electron chi connectivity index (χ4n) is 5.51. The van der Waals surface area contributed by atoms with Crippen LogP contribution in [-0.4, -0.2) is 13.0 Å². The fraction of sp³-hybridized carbons (Fsp3) is 0.444. The van der Waals surface area contributed by atoms with Crippen molar-refractivity contribution < 1.29 is 0 Å². The smallest absolute Gasteiger partial charge is 0.154 e. The molecule has 0 saturated heterocycles. The molecule has 30 heavy (non-hydrogen) atoms. The van der Waals surface area contributed by atoms with Gasteiger partial charge in [-0.05, 0) is 36.0 Å². The summed E-state index contributed by atoms with van der Waals surface area (Å²) in [6.45, 7) is 0. The molecule has 3 aliphatic rings. The van der Waals surface area contributed by atoms with E-state index in [1.165, 1.54) is 92.2 Å². The predicted molar refractivity (Wildman–Crippen MR) is 128 cm³/mol. The first-order valence-electron chi connectivity index (χ1n) is 12.0. The summed E-state index contributed by atoms with van der Waals surface area (Å²) in [6, 6.07) is 20.0. The minimum atomic E-state index is 0.439. The van der Waals surface area contributed by atoms with E-state index < -0.39 is 0 Å². The summed E-state index contributed by atoms with van der Waals surface area (Å²) in [5, 5.41) is 4.92. The molecule has 2 aromatic carbocycles. The number of fused-ring (bicyclic) bond motifs is 1. The van der Waals surface area contributed by atoms with Crippen LogP contribution in [0, 0.1) is 5.92 Å². The highest BCUT2D eigenvalue weighted by molar-refractivity contribution is 6.55. The van der Waals surface area contributed by atoms with Crippen LogP contribution in [0.15, 0.2) is 65.3 Å². The number of rotatable bonds is 4. The summed E-state index contributed by atoms with van der Waals surface area (Å²) in [4.78, 5) is 0. The van der Waals surface area contributed by atoms with Gasteiger partial charge in [-0.3, -0.25) is 5.43 Å². The zero-order valence-corrected chi connectivity index (χ0v) is 17.9. The van der Waals surface area contributed by atoms with Crippen molar-refractivity contribution in [2.24, 2.45) is 11.0 Å². The van der Waals surface area contributed by atoms with Gasteiger partial charge in [0.1, 0.15) is 0 Å². The van der Waals surface area contributed by atoms with E-state index in [1.807, 2.05) is 0 Å². The minimum Gasteiger partial charge on any atom is -0.278 e. The predicted octanol–water partition coefficient (Wildman–Crippen LogP) is 6.07. The third kappa shape index (κ3) is 4.26. The molecule has 2 saturated carbocycles. The first-order valence-corrected chi connectivity index (χ1v) is 12.0. The van der Waals surface area contributed by atoms with Crippen molar-refractivity contribution in [2.45, 2.75) is 70.0 Å². The van der Waals surface area contributed by atoms with Gasteiger partial charge in [0.15, 0.2) is 7.28 Å². The second-order valence-corrected chi connectivity index (χ2v) is 9.21. The number of hydrogen-bond donors (Lipinski definition) is 1. The van der Waals surface area contributed by atoms with Crippen LogP contribution >= 0.6 is 0 Å². The molecule has 1 N–H and O–H groups in total. The third-order valence-electron chi connectivity index (χ3n) is 7.15. The van der Waals surface area contributed by atoms with E-state index in [0.717, 1.165) is 5.82 Å². The lowest BCUT2D eigenvalue weighted by Gasteiger charge is -2.31. The molecule has 1 unspecified atom stereocenters. The van der Waals surface area contributed by atoms with E-state index in [2.05, 4.69) is 67.3 Å². The number of hydrogen-bond acceptors (Lipinski definition) is 2. The molecule has 2 fully saturated rings. The van der Waals surface area contributed by atoms with E-state index >= 15 is 0 Å². The Bertz CT molecular complexity index is 908. The Balaban J connectivity index is 1.43. The van der Waals surface area contributed by atoms with Gasteiger partial charge in [-0.2, -0.15) is 5.10 Å². The lowest BCUT2D eigenvalue weighted by atomic mass is 9.58. The first-order chi connectivity index (χ1) is 14.9. The molecule has 1 aliphatic heterocycles. The van der Waals surface area contributed by atoms with Crippen LogP contribution in [0.2, 0.25) is 5.82 Å². The maximum absolute atomic E-state index is 4.92. The van der Waals surface area contributed by atoms with Crippen molar-refractivity contribution in [1.29, 1.82) is 0 Å². The summed E-state index contributed by atoms with van der Waals surface area (Å²) in [7, 11) is 2.48. The second-order valence-electron chi connectivity index (χ2n) is 9.21. The van der Waals surface area contributed by atoms with Crippen LogP contribution in [0.1, 0.15) is 75.3 Å². The summed E-state index contributed by atoms with van der Waals surface area (Å²) in [5.41, 5.74) is 11.4. The molecule has 0 bridgehead atoms. The van der Waals surface area contributed by atoms with Gasteiger partial charge in [0.2, 0.25) is 0 Å². The van der Waals surface area contributed by atoms with Gasteiger partial charge < -0.3 is 0 Å². The Kier molecular flexibility index (Phi) is 6.06. The van der Waals surface area contributed by atoms with Crippen molar-refractivity contribution in [3.05, 3.63) is 71.3 Å². The van der Waals surface area contributed by atoms with Gasteiger partial charge >= 0.3 is 0 Å². The number of nitrogens with one attached hydrogen (secondary N) is 1. The van der Waals surface area contributed by atoms with Crippen LogP contribution in [0.3, 0.4) is 0 Å². The normalized spacial score (nSPS) is 22.5. The Morgan fingerprint density at radius 1 is 0.733 bits per heavy atom. The van der Waals surface area contributed by atoms with Gasteiger partial charge in [0.05, 0.1) is 11.4 Å². The molecule has 2 aliphatic carbocycles. The topological polar surface area (TPSA) is 24.4 Å². The molecule has 0 amide bonds. The summed E-state index contributed by atoms with van der Waals surface area (Å²) in [5.74, 6) is 1.22. The number of benzene rings is 2. The standard InChI is InChI=1S/C27H32BN2/c1-2-7-15-25-24(14-6-1)26(20-10-4-3-5-11-20)29-30-27(25)21-16-18-23(19-17-21)28-22-12-8-9-13-22/h3-5,10-11,16-19,22,24,30H,1-2,6-9,12-15H2. The molecule has 0 spiro atoms. The SMILES string of the molecule is [B](c1ccc(C2=C3CCCCCCC3C(c3ccccc3)=NN2)cc1)C1CCCC1. The Labute approximate surface area is 182 Å². The number of nitrogens with zero attached hydrogens (tertiary/aromatic N) is 1. The third-order valence-corrected chi connectivity index (χ3v) is 7.15. The average Bonchev–Trinajstić information content (AvgIpc) is 3.28. The fourth-order valence-corrected chi connectivity index (χ4v) is 5.51. The van der Waals surface area contributed by atoms with Crippen LogP contribution in [0.4, 0.5) is 0 Å². The minimum absolute atomic E-state index is 0.439. The molecule has 2 aromatic rings. The lowest BCUT2D eigenvalue weighted by Crippen LogP contribution is -2.29. The van der Waals surface area contributed by atoms with E-state index in [0.29, 0.717) is 5.92 Å². The molecule has 1 atom stereocenters. The quantitative estimate of drug-likeness (QED) is 0.625. The number of allylic oxidation sites excluding steroid dienone is 1. The Morgan fingerprint density at radius 2 is 1.47 bits per heavy atom. The van der Waals surface area contributed by atoms with Crippen LogP contribution in [-0.2, 0) is 0 Å². The molecule has 3 heteroatoms. The molecule has 0 aromatic heterocycles. The van der Waals surface area contributed by atoms with Crippen LogP contribution in [0.25, 0.3) is 5.70 Å². The van der Waals surface area contributed by atoms with Crippen molar-refractivity contribution in [3.8, 4) is 0 Å². The zero-order chi connectivity index (χ0) is 20.2. The highest BCUT2D eigenvalue weighted by atomic mass is 15.3. The summed E-state index contributed by atoms with van der Waals surface area (Å²) < 4.78 is 0. The highest BCUT2D eigenvalue weighted by Crippen LogP contribution is 2.37. The summed E-state index contributed by atoms with van der Waals surface area (Å²) >= 11 is 0. The van der Waals surface area contributed by atoms with Gasteiger partial charge in [-0.1, -0.05) is 111 Å². The van der Waals surface area contributed by atoms with Crippen LogP contribution < -0.4 is 10.9 Å². The molecule has 1 radical (unpaired) electrons. The highest BCUT2D eigenvalue weighted by Gasteiger charge is 2.29. The molecule has 2 nitrogen and oxygen atoms in total. The molecular formula is C27H32BN2. The van der Waals surface area contributed by atoms with E-state index in [1.54, 1.807) is 5.57 Å². The number of hydrazone groups is 1. The summed E-state index contributed by atoms with van der Waals surface area (Å²) in [6.07, 6.45) is 13.2. The first kappa shape index (κ1) is 19.7. The van der Waals surface area contributed by atoms with Crippen molar-refractivity contribution in [2.75, 3.05) is 0 Å². The van der Waals surface area contributed by atoms with Crippen LogP contribution in [0.5, 0.6) is 0 Å². The van der Waals surface area contributed by atoms with Gasteiger partial charge in [0.25, 0.3) is 0 Å². The van der Waals surface area contributed by atoms with Crippen molar-refractivity contribution in [3.63, 3.8) is 0 Å². The van der Waals surface area contributed by atoms with Gasteiger partial charge in [-0.15, -0.1) is 0 Å². The monoisotopic (exact) mass is 395 g/mol. The van der Waals surface area contributed by atoms with E-state index in [-0.39, 0.29) is 0 Å². The van der Waals surface area contributed by atoms with Gasteiger partial charge in [0, 0.05) is 5.92 Å². The largest absolute Gasteiger partial charge is 0.278 e. The lowest BCUT2D eigenvalue weighted by molar-refractivity contribution is 0.522. The molecule has 1 heterocycles. The van der Waals surface area contributed by atoms with Gasteiger partial charge in [-0.25, -0.2) is 0 Å².